The van der Waals surface area contributed by atoms with E-state index in [9.17, 15) is 0 Å². The van der Waals surface area contributed by atoms with Crippen molar-refractivity contribution >= 4 is 11.6 Å². The molecular formula is C16H29N5. The fourth-order valence-electron chi connectivity index (χ4n) is 2.61. The summed E-state index contributed by atoms with van der Waals surface area (Å²) >= 11 is 0. The zero-order valence-corrected chi connectivity index (χ0v) is 14.2. The highest BCUT2D eigenvalue weighted by atomic mass is 15.3. The van der Waals surface area contributed by atoms with E-state index in [0.29, 0.717) is 5.41 Å². The van der Waals surface area contributed by atoms with Crippen LogP contribution in [0.5, 0.6) is 0 Å². The molecule has 1 aliphatic rings. The van der Waals surface area contributed by atoms with E-state index in [-0.39, 0.29) is 5.41 Å². The van der Waals surface area contributed by atoms with Crippen LogP contribution < -0.4 is 16.2 Å². The topological polar surface area (TPSA) is 67.1 Å². The molecule has 0 radical (unpaired) electrons. The third-order valence-corrected chi connectivity index (χ3v) is 4.34. The first-order chi connectivity index (χ1) is 9.64. The molecule has 1 fully saturated rings. The van der Waals surface area contributed by atoms with Gasteiger partial charge < -0.3 is 10.3 Å². The van der Waals surface area contributed by atoms with E-state index < -0.39 is 0 Å². The number of rotatable bonds is 2. The molecule has 0 amide bonds. The molecule has 21 heavy (non-hydrogen) atoms. The van der Waals surface area contributed by atoms with E-state index in [1.165, 1.54) is 12.8 Å². The van der Waals surface area contributed by atoms with Gasteiger partial charge in [0.1, 0.15) is 17.5 Å². The lowest BCUT2D eigenvalue weighted by Gasteiger charge is -2.38. The van der Waals surface area contributed by atoms with Crippen LogP contribution in [-0.4, -0.2) is 23.1 Å². The van der Waals surface area contributed by atoms with Crippen molar-refractivity contribution in [1.29, 1.82) is 0 Å². The predicted octanol–water partition coefficient (Wildman–Crippen LogP) is 2.99. The Bertz CT molecular complexity index is 506. The first-order valence-corrected chi connectivity index (χ1v) is 7.75. The van der Waals surface area contributed by atoms with Gasteiger partial charge in [-0.3, -0.25) is 0 Å². The quantitative estimate of drug-likeness (QED) is 0.647. The molecule has 5 heteroatoms. The van der Waals surface area contributed by atoms with Crippen molar-refractivity contribution in [2.24, 2.45) is 11.3 Å². The number of hydrazine groups is 1. The van der Waals surface area contributed by atoms with E-state index in [4.69, 9.17) is 10.8 Å². The van der Waals surface area contributed by atoms with Crippen molar-refractivity contribution in [2.45, 2.75) is 59.8 Å². The molecule has 3 N–H and O–H groups in total. The summed E-state index contributed by atoms with van der Waals surface area (Å²) in [6, 6.07) is 0. The number of nitrogens with zero attached hydrogens (tertiary/aromatic N) is 3. The average Bonchev–Trinajstić information content (AvgIpc) is 2.38. The molecule has 0 aromatic carbocycles. The monoisotopic (exact) mass is 291 g/mol. The highest BCUT2D eigenvalue weighted by molar-refractivity contribution is 5.58. The number of piperidine rings is 1. The Hall–Kier alpha value is -1.36. The lowest BCUT2D eigenvalue weighted by Crippen LogP contribution is -2.38. The van der Waals surface area contributed by atoms with Crippen molar-refractivity contribution < 1.29 is 0 Å². The lowest BCUT2D eigenvalue weighted by atomic mass is 9.82. The molecule has 1 saturated heterocycles. The van der Waals surface area contributed by atoms with Crippen LogP contribution in [0.3, 0.4) is 0 Å². The second-order valence-corrected chi connectivity index (χ2v) is 7.89. The first-order valence-electron chi connectivity index (χ1n) is 7.75. The number of nitrogens with two attached hydrogens (primary N) is 1. The van der Waals surface area contributed by atoms with Gasteiger partial charge in [0.15, 0.2) is 0 Å². The third-order valence-electron chi connectivity index (χ3n) is 4.34. The van der Waals surface area contributed by atoms with Crippen LogP contribution >= 0.6 is 0 Å². The predicted molar refractivity (Wildman–Crippen MR) is 88.5 cm³/mol. The van der Waals surface area contributed by atoms with E-state index in [1.54, 1.807) is 0 Å². The van der Waals surface area contributed by atoms with Gasteiger partial charge in [-0.05, 0) is 25.2 Å². The molecule has 1 aromatic rings. The largest absolute Gasteiger partial charge is 0.356 e. The highest BCUT2D eigenvalue weighted by Gasteiger charge is 2.29. The minimum atomic E-state index is -0.0941. The van der Waals surface area contributed by atoms with Crippen LogP contribution in [0.4, 0.5) is 11.6 Å². The van der Waals surface area contributed by atoms with Gasteiger partial charge in [0.25, 0.3) is 0 Å². The van der Waals surface area contributed by atoms with Gasteiger partial charge >= 0.3 is 0 Å². The van der Waals surface area contributed by atoms with Crippen LogP contribution in [-0.2, 0) is 5.41 Å². The van der Waals surface area contributed by atoms with Gasteiger partial charge in [-0.15, -0.1) is 0 Å². The maximum Gasteiger partial charge on any atom is 0.148 e. The Labute approximate surface area is 128 Å². The standard InChI is InChI=1S/C16H29N5/c1-11-12(20-17)18-14(15(2,3)4)19-13(11)21-9-7-16(5,6)8-10-21/h7-10,17H2,1-6H3,(H,18,19,20). The summed E-state index contributed by atoms with van der Waals surface area (Å²) in [6.07, 6.45) is 2.37. The van der Waals surface area contributed by atoms with Crippen molar-refractivity contribution in [3.8, 4) is 0 Å². The van der Waals surface area contributed by atoms with Gasteiger partial charge in [-0.1, -0.05) is 34.6 Å². The van der Waals surface area contributed by atoms with Crippen LogP contribution in [0.2, 0.25) is 0 Å². The number of nitrogen functional groups attached to an aromatic ring is 1. The summed E-state index contributed by atoms with van der Waals surface area (Å²) in [7, 11) is 0. The molecule has 1 aliphatic heterocycles. The number of anilines is 2. The third kappa shape index (κ3) is 3.46. The van der Waals surface area contributed by atoms with Crippen molar-refractivity contribution in [1.82, 2.24) is 9.97 Å². The fourth-order valence-corrected chi connectivity index (χ4v) is 2.61. The molecular weight excluding hydrogens is 262 g/mol. The number of hydrogen-bond donors (Lipinski definition) is 2. The maximum absolute atomic E-state index is 5.65. The Balaban J connectivity index is 2.39. The summed E-state index contributed by atoms with van der Waals surface area (Å²) < 4.78 is 0. The highest BCUT2D eigenvalue weighted by Crippen LogP contribution is 2.34. The SMILES string of the molecule is Cc1c(NN)nc(C(C)(C)C)nc1N1CCC(C)(C)CC1. The molecule has 2 rings (SSSR count). The summed E-state index contributed by atoms with van der Waals surface area (Å²) in [4.78, 5) is 11.8. The molecule has 0 bridgehead atoms. The minimum Gasteiger partial charge on any atom is -0.356 e. The molecule has 1 aromatic heterocycles. The van der Waals surface area contributed by atoms with Crippen molar-refractivity contribution in [3.05, 3.63) is 11.4 Å². The van der Waals surface area contributed by atoms with Crippen LogP contribution in [0.1, 0.15) is 58.8 Å². The Morgan fingerprint density at radius 1 is 1.14 bits per heavy atom. The minimum absolute atomic E-state index is 0.0941. The van der Waals surface area contributed by atoms with E-state index >= 15 is 0 Å². The van der Waals surface area contributed by atoms with Crippen molar-refractivity contribution in [2.75, 3.05) is 23.4 Å². The fraction of sp³-hybridized carbons (Fsp3) is 0.750. The van der Waals surface area contributed by atoms with Crippen molar-refractivity contribution in [3.63, 3.8) is 0 Å². The number of aromatic nitrogens is 2. The van der Waals surface area contributed by atoms with E-state index in [0.717, 1.165) is 36.1 Å². The maximum atomic E-state index is 5.65. The van der Waals surface area contributed by atoms with Gasteiger partial charge in [-0.2, -0.15) is 0 Å². The molecule has 0 unspecified atom stereocenters. The Morgan fingerprint density at radius 3 is 2.19 bits per heavy atom. The molecule has 2 heterocycles. The average molecular weight is 291 g/mol. The molecule has 0 aliphatic carbocycles. The summed E-state index contributed by atoms with van der Waals surface area (Å²) in [6.45, 7) is 15.2. The summed E-state index contributed by atoms with van der Waals surface area (Å²) in [5, 5.41) is 0. The van der Waals surface area contributed by atoms with Gasteiger partial charge in [-0.25, -0.2) is 15.8 Å². The van der Waals surface area contributed by atoms with Gasteiger partial charge in [0, 0.05) is 24.1 Å². The summed E-state index contributed by atoms with van der Waals surface area (Å²) in [5.74, 6) is 8.24. The Morgan fingerprint density at radius 2 is 1.71 bits per heavy atom. The van der Waals surface area contributed by atoms with E-state index in [2.05, 4.69) is 49.9 Å². The second kappa shape index (κ2) is 5.44. The molecule has 118 valence electrons. The summed E-state index contributed by atoms with van der Waals surface area (Å²) in [5.41, 5.74) is 4.09. The first kappa shape index (κ1) is 16.0. The Kier molecular flexibility index (Phi) is 4.15. The molecule has 0 spiro atoms. The van der Waals surface area contributed by atoms with Gasteiger partial charge in [0.2, 0.25) is 0 Å². The zero-order valence-electron chi connectivity index (χ0n) is 14.2. The second-order valence-electron chi connectivity index (χ2n) is 7.89. The lowest BCUT2D eigenvalue weighted by molar-refractivity contribution is 0.279. The normalized spacial score (nSPS) is 18.7. The van der Waals surface area contributed by atoms with Crippen LogP contribution in [0.25, 0.3) is 0 Å². The zero-order chi connectivity index (χ0) is 15.8. The van der Waals surface area contributed by atoms with E-state index in [1.807, 2.05) is 6.92 Å². The smallest absolute Gasteiger partial charge is 0.148 e. The molecule has 0 saturated carbocycles. The molecule has 0 atom stereocenters. The number of hydrogen-bond acceptors (Lipinski definition) is 5. The van der Waals surface area contributed by atoms with Crippen LogP contribution in [0.15, 0.2) is 0 Å². The number of nitrogens with one attached hydrogen (secondary N) is 1. The van der Waals surface area contributed by atoms with Crippen LogP contribution in [0, 0.1) is 12.3 Å². The van der Waals surface area contributed by atoms with Gasteiger partial charge in [0.05, 0.1) is 0 Å². The molecule has 5 nitrogen and oxygen atoms in total.